The molecule has 4 heteroatoms. The van der Waals surface area contributed by atoms with Crippen LogP contribution in [0.3, 0.4) is 0 Å². The Morgan fingerprint density at radius 3 is 3.00 bits per heavy atom. The number of hydrogen-bond donors (Lipinski definition) is 0. The molecule has 1 aromatic heterocycles. The molecule has 0 atom stereocenters. The quantitative estimate of drug-likeness (QED) is 0.627. The first-order valence-corrected chi connectivity index (χ1v) is 6.69. The monoisotopic (exact) mass is 313 g/mol. The molecule has 0 unspecified atom stereocenters. The lowest BCUT2D eigenvalue weighted by atomic mass is 10.3. The summed E-state index contributed by atoms with van der Waals surface area (Å²) in [6.45, 7) is 3.28. The highest BCUT2D eigenvalue weighted by Crippen LogP contribution is 2.26. The van der Waals surface area contributed by atoms with E-state index in [-0.39, 0.29) is 0 Å². The molecule has 0 spiro atoms. The predicted molar refractivity (Wildman–Crippen MR) is 70.8 cm³/mol. The predicted octanol–water partition coefficient (Wildman–Crippen LogP) is 2.29. The summed E-state index contributed by atoms with van der Waals surface area (Å²) in [7, 11) is 0. The Kier molecular flexibility index (Phi) is 2.31. The number of halogens is 1. The van der Waals surface area contributed by atoms with Gasteiger partial charge in [0.25, 0.3) is 0 Å². The molecule has 3 rings (SSSR count). The number of fused-ring (bicyclic) bond motifs is 3. The van der Waals surface area contributed by atoms with Crippen LogP contribution in [0.2, 0.25) is 0 Å². The number of alkyl halides is 1. The zero-order valence-corrected chi connectivity index (χ0v) is 10.5. The van der Waals surface area contributed by atoms with E-state index >= 15 is 0 Å². The number of hydrogen-bond acceptors (Lipinski definition) is 2. The van der Waals surface area contributed by atoms with Crippen LogP contribution in [0.5, 0.6) is 0 Å². The van der Waals surface area contributed by atoms with Crippen LogP contribution in [0.15, 0.2) is 24.3 Å². The van der Waals surface area contributed by atoms with Crippen molar-refractivity contribution in [3.05, 3.63) is 24.3 Å². The molecule has 2 heterocycles. The molecule has 1 aliphatic heterocycles. The second-order valence-electron chi connectivity index (χ2n) is 3.73. The lowest BCUT2D eigenvalue weighted by molar-refractivity contribution is 0.801. The van der Waals surface area contributed by atoms with Crippen LogP contribution < -0.4 is 4.90 Å². The Bertz CT molecular complexity index is 492. The maximum absolute atomic E-state index is 4.68. The molecule has 78 valence electrons. The van der Waals surface area contributed by atoms with Crippen molar-refractivity contribution < 1.29 is 0 Å². The molecule has 0 fully saturated rings. The number of nitrogens with zero attached hydrogens (tertiary/aromatic N) is 3. The first-order chi connectivity index (χ1) is 7.40. The van der Waals surface area contributed by atoms with Crippen LogP contribution in [0, 0.1) is 0 Å². The van der Waals surface area contributed by atoms with Gasteiger partial charge in [-0.25, -0.2) is 4.98 Å². The third-order valence-corrected chi connectivity index (χ3v) is 3.35. The van der Waals surface area contributed by atoms with Gasteiger partial charge < -0.3 is 9.47 Å². The fourth-order valence-electron chi connectivity index (χ4n) is 2.16. The molecule has 1 aliphatic rings. The molecule has 0 aliphatic carbocycles. The minimum atomic E-state index is 1.08. The smallest absolute Gasteiger partial charge is 0.206 e. The van der Waals surface area contributed by atoms with Crippen molar-refractivity contribution in [2.75, 3.05) is 22.4 Å². The number of benzene rings is 1. The summed E-state index contributed by atoms with van der Waals surface area (Å²) in [6, 6.07) is 8.37. The summed E-state index contributed by atoms with van der Waals surface area (Å²) in [5.74, 6) is 1.15. The zero-order valence-electron chi connectivity index (χ0n) is 8.36. The van der Waals surface area contributed by atoms with E-state index in [9.17, 15) is 0 Å². The highest BCUT2D eigenvalue weighted by Gasteiger charge is 2.22. The van der Waals surface area contributed by atoms with E-state index in [4.69, 9.17) is 0 Å². The van der Waals surface area contributed by atoms with E-state index in [1.165, 1.54) is 5.52 Å². The average molecular weight is 313 g/mol. The number of para-hydroxylation sites is 2. The van der Waals surface area contributed by atoms with Crippen LogP contribution in [0.4, 0.5) is 5.95 Å². The molecule has 15 heavy (non-hydrogen) atoms. The third kappa shape index (κ3) is 1.42. The van der Waals surface area contributed by atoms with Gasteiger partial charge in [0.05, 0.1) is 11.0 Å². The van der Waals surface area contributed by atoms with Gasteiger partial charge in [-0.1, -0.05) is 34.7 Å². The van der Waals surface area contributed by atoms with Crippen molar-refractivity contribution in [2.45, 2.75) is 6.54 Å². The van der Waals surface area contributed by atoms with Gasteiger partial charge in [-0.2, -0.15) is 0 Å². The minimum absolute atomic E-state index is 1.08. The van der Waals surface area contributed by atoms with Crippen LogP contribution in [0.1, 0.15) is 0 Å². The van der Waals surface area contributed by atoms with Crippen molar-refractivity contribution >= 4 is 39.6 Å². The van der Waals surface area contributed by atoms with E-state index in [0.717, 1.165) is 35.5 Å². The largest absolute Gasteiger partial charge is 0.340 e. The number of anilines is 1. The maximum atomic E-state index is 4.68. The second kappa shape index (κ2) is 3.66. The number of imidazole rings is 1. The highest BCUT2D eigenvalue weighted by atomic mass is 127. The third-order valence-electron chi connectivity index (χ3n) is 2.87. The fraction of sp³-hybridized carbons (Fsp3) is 0.364. The van der Waals surface area contributed by atoms with Gasteiger partial charge in [0, 0.05) is 24.1 Å². The molecule has 0 radical (unpaired) electrons. The minimum Gasteiger partial charge on any atom is -0.340 e. The van der Waals surface area contributed by atoms with Crippen molar-refractivity contribution in [2.24, 2.45) is 0 Å². The van der Waals surface area contributed by atoms with Crippen LogP contribution in [-0.2, 0) is 6.54 Å². The van der Waals surface area contributed by atoms with Crippen molar-refractivity contribution in [3.63, 3.8) is 0 Å². The van der Waals surface area contributed by atoms with Gasteiger partial charge in [-0.3, -0.25) is 0 Å². The Hall–Kier alpha value is -0.780. The molecule has 0 N–H and O–H groups in total. The Morgan fingerprint density at radius 1 is 1.27 bits per heavy atom. The van der Waals surface area contributed by atoms with Gasteiger partial charge in [0.15, 0.2) is 0 Å². The zero-order chi connectivity index (χ0) is 10.3. The Morgan fingerprint density at radius 2 is 2.13 bits per heavy atom. The van der Waals surface area contributed by atoms with Crippen molar-refractivity contribution in [1.82, 2.24) is 9.55 Å². The van der Waals surface area contributed by atoms with E-state index in [2.05, 4.69) is 55.2 Å². The molecule has 0 bridgehead atoms. The molecule has 1 aromatic carbocycles. The Balaban J connectivity index is 2.13. The topological polar surface area (TPSA) is 21.1 Å². The lowest BCUT2D eigenvalue weighted by Crippen LogP contribution is -2.23. The van der Waals surface area contributed by atoms with E-state index < -0.39 is 0 Å². The number of rotatable bonds is 2. The van der Waals surface area contributed by atoms with Crippen molar-refractivity contribution in [1.29, 1.82) is 0 Å². The molecule has 0 saturated carbocycles. The molecular weight excluding hydrogens is 301 g/mol. The normalized spacial score (nSPS) is 14.9. The highest BCUT2D eigenvalue weighted by molar-refractivity contribution is 14.1. The molecule has 3 nitrogen and oxygen atoms in total. The van der Waals surface area contributed by atoms with Crippen LogP contribution >= 0.6 is 22.6 Å². The number of aromatic nitrogens is 2. The van der Waals surface area contributed by atoms with E-state index in [1.807, 2.05) is 6.07 Å². The summed E-state index contributed by atoms with van der Waals surface area (Å²) < 4.78 is 3.47. The fourth-order valence-corrected chi connectivity index (χ4v) is 2.74. The molecular formula is C11H12IN3. The van der Waals surface area contributed by atoms with Gasteiger partial charge in [0.1, 0.15) is 0 Å². The Labute approximate surface area is 102 Å². The summed E-state index contributed by atoms with van der Waals surface area (Å²) in [5.41, 5.74) is 2.38. The molecule has 0 amide bonds. The van der Waals surface area contributed by atoms with Crippen LogP contribution in [-0.4, -0.2) is 27.1 Å². The second-order valence-corrected chi connectivity index (χ2v) is 4.81. The molecule has 2 aromatic rings. The van der Waals surface area contributed by atoms with Gasteiger partial charge >= 0.3 is 0 Å². The lowest BCUT2D eigenvalue weighted by Gasteiger charge is -2.13. The van der Waals surface area contributed by atoms with Gasteiger partial charge in [-0.05, 0) is 12.1 Å². The SMILES string of the molecule is ICCN1CCn2c1nc1ccccc12. The summed E-state index contributed by atoms with van der Waals surface area (Å²) >= 11 is 2.42. The maximum Gasteiger partial charge on any atom is 0.206 e. The van der Waals surface area contributed by atoms with Gasteiger partial charge in [0.2, 0.25) is 5.95 Å². The van der Waals surface area contributed by atoms with Crippen molar-refractivity contribution in [3.8, 4) is 0 Å². The first kappa shape index (κ1) is 9.45. The first-order valence-electron chi connectivity index (χ1n) is 5.16. The summed E-state index contributed by atoms with van der Waals surface area (Å²) in [6.07, 6.45) is 0. The average Bonchev–Trinajstić information content (AvgIpc) is 2.79. The summed E-state index contributed by atoms with van der Waals surface area (Å²) in [5, 5.41) is 0. The van der Waals surface area contributed by atoms with Gasteiger partial charge in [-0.15, -0.1) is 0 Å². The van der Waals surface area contributed by atoms with E-state index in [1.54, 1.807) is 0 Å². The summed E-state index contributed by atoms with van der Waals surface area (Å²) in [4.78, 5) is 7.05. The standard InChI is InChI=1S/C11H12IN3/c12-5-6-14-7-8-15-10-4-2-1-3-9(10)13-11(14)15/h1-4H,5-8H2. The van der Waals surface area contributed by atoms with E-state index in [0.29, 0.717) is 0 Å². The molecule has 0 saturated heterocycles. The van der Waals surface area contributed by atoms with Crippen LogP contribution in [0.25, 0.3) is 11.0 Å².